The first-order valence-corrected chi connectivity index (χ1v) is 2.55. The molecule has 0 fully saturated rings. The summed E-state index contributed by atoms with van der Waals surface area (Å²) in [5.41, 5.74) is 0. The van der Waals surface area contributed by atoms with Gasteiger partial charge in [0.05, 0.1) is 0 Å². The highest BCUT2D eigenvalue weighted by Gasteiger charge is 1.67. The molecular formula is C5H9NS. The zero-order valence-electron chi connectivity index (χ0n) is 4.55. The van der Waals surface area contributed by atoms with Crippen LogP contribution in [0, 0.1) is 0 Å². The van der Waals surface area contributed by atoms with Crippen LogP contribution in [0.1, 0.15) is 13.8 Å². The molecule has 0 aromatic rings. The molecule has 0 bridgehead atoms. The van der Waals surface area contributed by atoms with Crippen LogP contribution in [-0.4, -0.2) is 6.21 Å². The quantitative estimate of drug-likeness (QED) is 0.395. The maximum absolute atomic E-state index is 3.98. The molecule has 0 aliphatic rings. The van der Waals surface area contributed by atoms with Crippen LogP contribution in [0.15, 0.2) is 16.1 Å². The van der Waals surface area contributed by atoms with Crippen molar-refractivity contribution in [2.24, 2.45) is 4.99 Å². The van der Waals surface area contributed by atoms with Gasteiger partial charge in [-0.3, -0.25) is 4.99 Å². The minimum Gasteiger partial charge on any atom is -0.269 e. The fraction of sp³-hybridized carbons (Fsp3) is 0.400. The number of nitrogens with zero attached hydrogens (tertiary/aromatic N) is 1. The first kappa shape index (κ1) is 6.76. The second-order valence-electron chi connectivity index (χ2n) is 1.18. The number of hydrogen-bond donors (Lipinski definition) is 1. The Morgan fingerprint density at radius 3 is 2.43 bits per heavy atom. The minimum atomic E-state index is 0.929. The van der Waals surface area contributed by atoms with Gasteiger partial charge >= 0.3 is 0 Å². The van der Waals surface area contributed by atoms with E-state index in [2.05, 4.69) is 17.6 Å². The summed E-state index contributed by atoms with van der Waals surface area (Å²) in [7, 11) is 0. The Balaban J connectivity index is 3.46. The summed E-state index contributed by atoms with van der Waals surface area (Å²) in [5, 5.41) is 0. The topological polar surface area (TPSA) is 12.4 Å². The van der Waals surface area contributed by atoms with Crippen LogP contribution in [0.5, 0.6) is 0 Å². The molecule has 40 valence electrons. The molecule has 0 aromatic heterocycles. The summed E-state index contributed by atoms with van der Waals surface area (Å²) >= 11 is 3.98. The number of hydrogen-bond acceptors (Lipinski definition) is 2. The predicted molar refractivity (Wildman–Crippen MR) is 36.9 cm³/mol. The molecule has 0 spiro atoms. The van der Waals surface area contributed by atoms with Crippen molar-refractivity contribution < 1.29 is 0 Å². The lowest BCUT2D eigenvalue weighted by atomic mass is 10.7. The Labute approximate surface area is 49.6 Å². The van der Waals surface area contributed by atoms with E-state index in [1.165, 1.54) is 0 Å². The van der Waals surface area contributed by atoms with Gasteiger partial charge in [-0.25, -0.2) is 0 Å². The van der Waals surface area contributed by atoms with Crippen LogP contribution in [0.3, 0.4) is 0 Å². The fourth-order valence-electron chi connectivity index (χ4n) is 0.182. The summed E-state index contributed by atoms with van der Waals surface area (Å²) in [6, 6.07) is 0. The van der Waals surface area contributed by atoms with E-state index in [0.29, 0.717) is 0 Å². The molecular weight excluding hydrogens is 106 g/mol. The Morgan fingerprint density at radius 1 is 1.71 bits per heavy atom. The third-order valence-corrected chi connectivity index (χ3v) is 0.526. The Bertz CT molecular complexity index is 90.3. The van der Waals surface area contributed by atoms with Gasteiger partial charge in [-0.2, -0.15) is 0 Å². The van der Waals surface area contributed by atoms with Crippen LogP contribution in [0.4, 0.5) is 0 Å². The molecule has 0 N–H and O–H groups in total. The predicted octanol–water partition coefficient (Wildman–Crippen LogP) is 1.87. The third kappa shape index (κ3) is 5.76. The summed E-state index contributed by atoms with van der Waals surface area (Å²) in [4.78, 5) is 4.74. The molecule has 2 heteroatoms. The lowest BCUT2D eigenvalue weighted by Gasteiger charge is -1.77. The van der Waals surface area contributed by atoms with Crippen LogP contribution < -0.4 is 0 Å². The molecule has 0 aromatic carbocycles. The fourth-order valence-corrected chi connectivity index (χ4v) is 0.249. The van der Waals surface area contributed by atoms with Gasteiger partial charge in [-0.15, -0.1) is 12.6 Å². The lowest BCUT2D eigenvalue weighted by Crippen LogP contribution is -1.56. The molecule has 0 rings (SSSR count). The lowest BCUT2D eigenvalue weighted by molar-refractivity contribution is 1.51. The van der Waals surface area contributed by atoms with E-state index < -0.39 is 0 Å². The van der Waals surface area contributed by atoms with Gasteiger partial charge < -0.3 is 0 Å². The van der Waals surface area contributed by atoms with E-state index in [0.717, 1.165) is 4.91 Å². The molecule has 0 aliphatic carbocycles. The molecule has 0 atom stereocenters. The van der Waals surface area contributed by atoms with E-state index in [4.69, 9.17) is 0 Å². The molecule has 0 saturated carbocycles. The van der Waals surface area contributed by atoms with Gasteiger partial charge in [0.1, 0.15) is 0 Å². The molecule has 7 heavy (non-hydrogen) atoms. The number of rotatable bonds is 1. The number of allylic oxidation sites excluding steroid dienone is 1. The second-order valence-corrected chi connectivity index (χ2v) is 1.88. The van der Waals surface area contributed by atoms with E-state index >= 15 is 0 Å². The van der Waals surface area contributed by atoms with Gasteiger partial charge in [-0.1, -0.05) is 0 Å². The van der Waals surface area contributed by atoms with E-state index in [1.807, 2.05) is 13.8 Å². The number of aliphatic imine (C=N–C) groups is 1. The van der Waals surface area contributed by atoms with Gasteiger partial charge in [0.25, 0.3) is 0 Å². The highest BCUT2D eigenvalue weighted by molar-refractivity contribution is 7.84. The summed E-state index contributed by atoms with van der Waals surface area (Å²) in [5.74, 6) is 0. The van der Waals surface area contributed by atoms with Gasteiger partial charge in [0.2, 0.25) is 0 Å². The maximum Gasteiger partial charge on any atom is 0.0353 e. The summed E-state index contributed by atoms with van der Waals surface area (Å²) in [6.45, 7) is 3.75. The molecule has 0 aliphatic heterocycles. The summed E-state index contributed by atoms with van der Waals surface area (Å²) < 4.78 is 0. The van der Waals surface area contributed by atoms with Crippen molar-refractivity contribution in [1.82, 2.24) is 0 Å². The average Bonchev–Trinajstić information content (AvgIpc) is 1.61. The third-order valence-electron chi connectivity index (χ3n) is 0.410. The number of thiol groups is 1. The average molecular weight is 115 g/mol. The second kappa shape index (κ2) is 3.93. The van der Waals surface area contributed by atoms with Gasteiger partial charge in [-0.05, 0) is 18.8 Å². The van der Waals surface area contributed by atoms with Crippen LogP contribution in [0.2, 0.25) is 0 Å². The highest BCUT2D eigenvalue weighted by atomic mass is 32.1. The van der Waals surface area contributed by atoms with Gasteiger partial charge in [0, 0.05) is 12.4 Å². The zero-order chi connectivity index (χ0) is 5.70. The van der Waals surface area contributed by atoms with E-state index in [9.17, 15) is 0 Å². The van der Waals surface area contributed by atoms with Crippen molar-refractivity contribution in [3.8, 4) is 0 Å². The molecule has 1 nitrogen and oxygen atoms in total. The normalized spacial score (nSPS) is 13.3. The van der Waals surface area contributed by atoms with E-state index in [-0.39, 0.29) is 0 Å². The molecule has 0 heterocycles. The standard InChI is InChI=1S/C5H9NS/c1-3-6-4-5(2)7/h3-4,7H,1-2H3/b5-4-,6-3-. The first-order valence-electron chi connectivity index (χ1n) is 2.11. The van der Waals surface area contributed by atoms with Crippen LogP contribution >= 0.6 is 12.6 Å². The molecule has 0 radical (unpaired) electrons. The Kier molecular flexibility index (Phi) is 3.80. The van der Waals surface area contributed by atoms with Crippen molar-refractivity contribution in [3.05, 3.63) is 11.1 Å². The van der Waals surface area contributed by atoms with Crippen molar-refractivity contribution in [2.45, 2.75) is 13.8 Å². The van der Waals surface area contributed by atoms with Crippen molar-refractivity contribution >= 4 is 18.8 Å². The van der Waals surface area contributed by atoms with E-state index in [1.54, 1.807) is 12.4 Å². The first-order chi connectivity index (χ1) is 3.27. The zero-order valence-corrected chi connectivity index (χ0v) is 5.44. The maximum atomic E-state index is 3.98. The molecule has 0 amide bonds. The minimum absolute atomic E-state index is 0.929. The molecule has 0 unspecified atom stereocenters. The Hall–Kier alpha value is -0.240. The molecule has 0 saturated heterocycles. The monoisotopic (exact) mass is 115 g/mol. The van der Waals surface area contributed by atoms with Gasteiger partial charge in [0.15, 0.2) is 0 Å². The largest absolute Gasteiger partial charge is 0.269 e. The SMILES string of the molecule is C/C=N\C=C(\C)S. The Morgan fingerprint density at radius 2 is 2.29 bits per heavy atom. The van der Waals surface area contributed by atoms with Crippen LogP contribution in [0.25, 0.3) is 0 Å². The van der Waals surface area contributed by atoms with Crippen molar-refractivity contribution in [2.75, 3.05) is 0 Å². The van der Waals surface area contributed by atoms with Crippen molar-refractivity contribution in [1.29, 1.82) is 0 Å². The summed E-state index contributed by atoms with van der Waals surface area (Å²) in [6.07, 6.45) is 3.42. The van der Waals surface area contributed by atoms with Crippen LogP contribution in [-0.2, 0) is 0 Å². The van der Waals surface area contributed by atoms with Crippen molar-refractivity contribution in [3.63, 3.8) is 0 Å². The highest BCUT2D eigenvalue weighted by Crippen LogP contribution is 1.94. The smallest absolute Gasteiger partial charge is 0.0353 e.